The summed E-state index contributed by atoms with van der Waals surface area (Å²) in [7, 11) is 0. The van der Waals surface area contributed by atoms with Crippen LogP contribution in [0.5, 0.6) is 0 Å². The molecule has 0 atom stereocenters. The molecule has 0 fully saturated rings. The summed E-state index contributed by atoms with van der Waals surface area (Å²) in [5.41, 5.74) is 15.5. The molecule has 1 aromatic heterocycles. The van der Waals surface area contributed by atoms with E-state index in [2.05, 4.69) is 217 Å². The highest BCUT2D eigenvalue weighted by molar-refractivity contribution is 6.10. The van der Waals surface area contributed by atoms with Crippen molar-refractivity contribution in [1.82, 2.24) is 4.57 Å². The first-order valence-corrected chi connectivity index (χ1v) is 18.0. The van der Waals surface area contributed by atoms with Crippen molar-refractivity contribution in [2.45, 2.75) is 12.5 Å². The van der Waals surface area contributed by atoms with Crippen LogP contribution in [0, 0.1) is 0 Å². The van der Waals surface area contributed by atoms with Crippen LogP contribution in [0.15, 0.2) is 200 Å². The lowest BCUT2D eigenvalue weighted by Crippen LogP contribution is -2.40. The van der Waals surface area contributed by atoms with Crippen LogP contribution in [0.3, 0.4) is 0 Å². The van der Waals surface area contributed by atoms with Crippen molar-refractivity contribution < 1.29 is 0 Å². The minimum atomic E-state index is -0.429. The molecule has 0 N–H and O–H groups in total. The molecule has 0 amide bonds. The van der Waals surface area contributed by atoms with E-state index in [1.165, 1.54) is 72.0 Å². The highest BCUT2D eigenvalue weighted by atomic mass is 15.2. The number of rotatable bonds is 6. The molecule has 2 nitrogen and oxygen atoms in total. The smallest absolute Gasteiger partial charge is 0.0938 e. The van der Waals surface area contributed by atoms with E-state index in [1.54, 1.807) is 0 Å². The Morgan fingerprint density at radius 2 is 0.846 bits per heavy atom. The van der Waals surface area contributed by atoms with E-state index >= 15 is 0 Å². The molecule has 1 aliphatic carbocycles. The van der Waals surface area contributed by atoms with E-state index in [9.17, 15) is 0 Å². The number of hydrogen-bond acceptors (Lipinski definition) is 1. The fraction of sp³-hybridized carbons (Fsp3) is 0.0400. The molecule has 0 aliphatic heterocycles. The fourth-order valence-electron chi connectivity index (χ4n) is 8.58. The first-order chi connectivity index (χ1) is 25.7. The van der Waals surface area contributed by atoms with Gasteiger partial charge in [-0.15, -0.1) is 0 Å². The second kappa shape index (κ2) is 12.0. The third-order valence-electron chi connectivity index (χ3n) is 11.0. The molecule has 9 aromatic rings. The van der Waals surface area contributed by atoms with Crippen molar-refractivity contribution >= 4 is 33.2 Å². The Balaban J connectivity index is 1.11. The zero-order valence-corrected chi connectivity index (χ0v) is 28.9. The monoisotopic (exact) mass is 664 g/mol. The first kappa shape index (κ1) is 30.2. The molecule has 10 rings (SSSR count). The summed E-state index contributed by atoms with van der Waals surface area (Å²) in [4.78, 5) is 2.53. The summed E-state index contributed by atoms with van der Waals surface area (Å²) < 4.78 is 2.37. The van der Waals surface area contributed by atoms with Gasteiger partial charge in [0.1, 0.15) is 0 Å². The van der Waals surface area contributed by atoms with E-state index in [0.717, 1.165) is 11.4 Å². The van der Waals surface area contributed by atoms with Crippen molar-refractivity contribution in [3.63, 3.8) is 0 Å². The van der Waals surface area contributed by atoms with Crippen LogP contribution in [-0.2, 0) is 5.54 Å². The highest BCUT2D eigenvalue weighted by Gasteiger charge is 2.44. The topological polar surface area (TPSA) is 8.17 Å². The van der Waals surface area contributed by atoms with Crippen LogP contribution in [-0.4, -0.2) is 4.57 Å². The number of anilines is 2. The quantitative estimate of drug-likeness (QED) is 0.172. The van der Waals surface area contributed by atoms with Gasteiger partial charge in [-0.2, -0.15) is 0 Å². The number of hydrogen-bond donors (Lipinski definition) is 0. The predicted octanol–water partition coefficient (Wildman–Crippen LogP) is 13.2. The number of aromatic nitrogens is 1. The average molecular weight is 665 g/mol. The van der Waals surface area contributed by atoms with Crippen molar-refractivity contribution in [2.75, 3.05) is 4.90 Å². The Labute approximate surface area is 304 Å². The molecular formula is C50H36N2. The van der Waals surface area contributed by atoms with Crippen molar-refractivity contribution in [1.29, 1.82) is 0 Å². The molecule has 8 aromatic carbocycles. The maximum Gasteiger partial charge on any atom is 0.0938 e. The molecule has 1 heterocycles. The molecule has 0 spiro atoms. The molecule has 0 saturated heterocycles. The molecule has 2 heteroatoms. The van der Waals surface area contributed by atoms with Crippen molar-refractivity contribution in [3.8, 4) is 39.1 Å². The second-order valence-electron chi connectivity index (χ2n) is 13.9. The Hall–Kier alpha value is -6.64. The second-order valence-corrected chi connectivity index (χ2v) is 13.9. The third kappa shape index (κ3) is 4.65. The Morgan fingerprint density at radius 3 is 1.48 bits per heavy atom. The minimum absolute atomic E-state index is 0.429. The van der Waals surface area contributed by atoms with Crippen LogP contribution < -0.4 is 4.90 Å². The molecule has 0 radical (unpaired) electrons. The molecule has 1 aliphatic rings. The summed E-state index contributed by atoms with van der Waals surface area (Å²) >= 11 is 0. The van der Waals surface area contributed by atoms with Crippen LogP contribution in [0.4, 0.5) is 11.4 Å². The maximum absolute atomic E-state index is 2.53. The van der Waals surface area contributed by atoms with Crippen LogP contribution in [0.2, 0.25) is 0 Å². The van der Waals surface area contributed by atoms with Crippen LogP contribution in [0.1, 0.15) is 18.1 Å². The summed E-state index contributed by atoms with van der Waals surface area (Å²) in [6.45, 7) is 2.38. The van der Waals surface area contributed by atoms with Crippen molar-refractivity contribution in [2.24, 2.45) is 0 Å². The van der Waals surface area contributed by atoms with Gasteiger partial charge in [0, 0.05) is 27.8 Å². The Morgan fingerprint density at radius 1 is 0.385 bits per heavy atom. The standard InChI is InChI=1S/C50H36N2/c1-50(46-21-11-8-18-42(46)43-19-9-12-22-47(43)50)52(40-29-24-36(25-30-40)35-14-4-2-5-15-35)41-31-26-37(27-32-41)38-28-33-49-45(34-38)44-20-10-13-23-48(44)51(49)39-16-6-3-7-17-39/h2-34H,1H3. The van der Waals surface area contributed by atoms with Gasteiger partial charge in [-0.25, -0.2) is 0 Å². The lowest BCUT2D eigenvalue weighted by Gasteiger charge is -2.42. The van der Waals surface area contributed by atoms with Gasteiger partial charge >= 0.3 is 0 Å². The first-order valence-electron chi connectivity index (χ1n) is 18.0. The molecular weight excluding hydrogens is 629 g/mol. The Kier molecular flexibility index (Phi) is 6.97. The zero-order valence-electron chi connectivity index (χ0n) is 28.9. The molecule has 0 saturated carbocycles. The predicted molar refractivity (Wildman–Crippen MR) is 219 cm³/mol. The Bertz CT molecular complexity index is 2680. The molecule has 0 bridgehead atoms. The van der Waals surface area contributed by atoms with E-state index in [4.69, 9.17) is 0 Å². The van der Waals surface area contributed by atoms with Crippen LogP contribution >= 0.6 is 0 Å². The van der Waals surface area contributed by atoms with Gasteiger partial charge < -0.3 is 9.47 Å². The number of fused-ring (bicyclic) bond motifs is 6. The number of nitrogens with zero attached hydrogens (tertiary/aromatic N) is 2. The number of benzene rings is 8. The summed E-state index contributed by atoms with van der Waals surface area (Å²) in [5.74, 6) is 0. The lowest BCUT2D eigenvalue weighted by molar-refractivity contribution is 0.597. The van der Waals surface area contributed by atoms with Gasteiger partial charge in [0.15, 0.2) is 0 Å². The van der Waals surface area contributed by atoms with Gasteiger partial charge in [-0.1, -0.05) is 146 Å². The highest BCUT2D eigenvalue weighted by Crippen LogP contribution is 2.54. The van der Waals surface area contributed by atoms with Crippen molar-refractivity contribution in [3.05, 3.63) is 211 Å². The van der Waals surface area contributed by atoms with Crippen LogP contribution in [0.25, 0.3) is 60.9 Å². The maximum atomic E-state index is 2.53. The van der Waals surface area contributed by atoms with Gasteiger partial charge in [0.05, 0.1) is 16.6 Å². The van der Waals surface area contributed by atoms with E-state index < -0.39 is 5.54 Å². The molecule has 246 valence electrons. The number of para-hydroxylation sites is 2. The van der Waals surface area contributed by atoms with E-state index in [-0.39, 0.29) is 0 Å². The van der Waals surface area contributed by atoms with E-state index in [1.807, 2.05) is 0 Å². The third-order valence-corrected chi connectivity index (χ3v) is 11.0. The summed E-state index contributed by atoms with van der Waals surface area (Å²) in [6, 6.07) is 72.9. The summed E-state index contributed by atoms with van der Waals surface area (Å²) in [6.07, 6.45) is 0. The lowest BCUT2D eigenvalue weighted by atomic mass is 9.86. The van der Waals surface area contributed by atoms with Gasteiger partial charge in [0.2, 0.25) is 0 Å². The molecule has 0 unspecified atom stereocenters. The normalized spacial score (nSPS) is 12.9. The van der Waals surface area contributed by atoms with Gasteiger partial charge in [0.25, 0.3) is 0 Å². The fourth-order valence-corrected chi connectivity index (χ4v) is 8.58. The average Bonchev–Trinajstić information content (AvgIpc) is 3.69. The molecule has 52 heavy (non-hydrogen) atoms. The van der Waals surface area contributed by atoms with Gasteiger partial charge in [-0.3, -0.25) is 0 Å². The van der Waals surface area contributed by atoms with E-state index in [0.29, 0.717) is 0 Å². The minimum Gasteiger partial charge on any atom is -0.327 e. The zero-order chi connectivity index (χ0) is 34.6. The SMILES string of the molecule is CC1(N(c2ccc(-c3ccccc3)cc2)c2ccc(-c3ccc4c(c3)c3ccccc3n4-c3ccccc3)cc2)c2ccccc2-c2ccccc21. The largest absolute Gasteiger partial charge is 0.327 e. The van der Waals surface area contributed by atoms with Gasteiger partial charge in [-0.05, 0) is 106 Å². The summed E-state index contributed by atoms with van der Waals surface area (Å²) in [5, 5.41) is 2.52.